The molecule has 5 nitrogen and oxygen atoms in total. The molecule has 0 aliphatic carbocycles. The number of aliphatic imine (C=N–C) groups is 1. The maximum atomic E-state index is 14.2. The fraction of sp³-hybridized carbons (Fsp3) is 0.211. The Morgan fingerprint density at radius 3 is 2.69 bits per heavy atom. The van der Waals surface area contributed by atoms with Gasteiger partial charge in [-0.05, 0) is 66.3 Å². The van der Waals surface area contributed by atoms with Crippen molar-refractivity contribution in [2.75, 3.05) is 6.61 Å². The summed E-state index contributed by atoms with van der Waals surface area (Å²) < 4.78 is 20.4. The Balaban J connectivity index is 2.10. The van der Waals surface area contributed by atoms with Crippen LogP contribution >= 0.6 is 22.6 Å². The highest BCUT2D eigenvalue weighted by atomic mass is 127. The summed E-state index contributed by atoms with van der Waals surface area (Å²) in [5.74, 6) is -0.630. The van der Waals surface area contributed by atoms with Gasteiger partial charge < -0.3 is 10.1 Å². The molecule has 0 saturated heterocycles. The molecule has 0 amide bonds. The molecule has 134 valence electrons. The lowest BCUT2D eigenvalue weighted by atomic mass is 9.96. The fourth-order valence-electron chi connectivity index (χ4n) is 2.72. The van der Waals surface area contributed by atoms with Crippen LogP contribution in [0.15, 0.2) is 58.9 Å². The molecule has 2 heterocycles. The third kappa shape index (κ3) is 3.77. The van der Waals surface area contributed by atoms with E-state index in [2.05, 4.69) is 37.9 Å². The summed E-state index contributed by atoms with van der Waals surface area (Å²) in [6.45, 7) is 3.77. The maximum absolute atomic E-state index is 14.2. The van der Waals surface area contributed by atoms with Crippen molar-refractivity contribution in [1.82, 2.24) is 10.3 Å². The number of hydrogen-bond donors (Lipinski definition) is 1. The number of nitrogens with zero attached hydrogens (tertiary/aromatic N) is 2. The Labute approximate surface area is 164 Å². The van der Waals surface area contributed by atoms with Crippen LogP contribution in [0.3, 0.4) is 0 Å². The zero-order chi connectivity index (χ0) is 18.7. The third-order valence-electron chi connectivity index (χ3n) is 3.91. The van der Waals surface area contributed by atoms with Crippen molar-refractivity contribution in [3.8, 4) is 0 Å². The maximum Gasteiger partial charge on any atom is 0.338 e. The predicted octanol–water partition coefficient (Wildman–Crippen LogP) is 3.75. The van der Waals surface area contributed by atoms with Crippen LogP contribution in [0.25, 0.3) is 0 Å². The molecular formula is C19H17FIN3O2. The van der Waals surface area contributed by atoms with Crippen LogP contribution in [-0.4, -0.2) is 23.4 Å². The van der Waals surface area contributed by atoms with Gasteiger partial charge in [0.2, 0.25) is 0 Å². The van der Waals surface area contributed by atoms with E-state index in [4.69, 9.17) is 4.74 Å². The summed E-state index contributed by atoms with van der Waals surface area (Å²) in [5, 5.41) is 3.00. The Morgan fingerprint density at radius 2 is 2.04 bits per heavy atom. The molecule has 1 aromatic carbocycles. The molecule has 1 N–H and O–H groups in total. The highest BCUT2D eigenvalue weighted by Gasteiger charge is 2.31. The Bertz CT molecular complexity index is 894. The summed E-state index contributed by atoms with van der Waals surface area (Å²) in [6.07, 6.45) is 1.50. The molecule has 7 heteroatoms. The summed E-state index contributed by atoms with van der Waals surface area (Å²) in [7, 11) is 0. The minimum atomic E-state index is -0.594. The number of ether oxygens (including phenoxy) is 1. The van der Waals surface area contributed by atoms with Crippen molar-refractivity contribution in [2.45, 2.75) is 19.9 Å². The Kier molecular flexibility index (Phi) is 5.65. The van der Waals surface area contributed by atoms with Gasteiger partial charge in [0, 0.05) is 15.5 Å². The molecule has 3 rings (SSSR count). The minimum Gasteiger partial charge on any atom is -0.463 e. The van der Waals surface area contributed by atoms with E-state index in [0.717, 1.165) is 9.13 Å². The highest BCUT2D eigenvalue weighted by Crippen LogP contribution is 2.32. The van der Waals surface area contributed by atoms with E-state index in [0.29, 0.717) is 11.3 Å². The van der Waals surface area contributed by atoms with Gasteiger partial charge in [0.1, 0.15) is 11.7 Å². The summed E-state index contributed by atoms with van der Waals surface area (Å²) >= 11 is 2.21. The first-order valence-electron chi connectivity index (χ1n) is 8.10. The fourth-order valence-corrected chi connectivity index (χ4v) is 3.08. The number of nitrogens with one attached hydrogen (secondary N) is 1. The van der Waals surface area contributed by atoms with E-state index in [1.54, 1.807) is 13.8 Å². The molecule has 0 bridgehead atoms. The monoisotopic (exact) mass is 465 g/mol. The Hall–Kier alpha value is -2.29. The van der Waals surface area contributed by atoms with Crippen LogP contribution in [0.2, 0.25) is 0 Å². The number of rotatable bonds is 4. The van der Waals surface area contributed by atoms with Gasteiger partial charge in [0.25, 0.3) is 0 Å². The number of allylic oxidation sites excluding steroid dienone is 1. The van der Waals surface area contributed by atoms with Gasteiger partial charge in [-0.3, -0.25) is 4.99 Å². The summed E-state index contributed by atoms with van der Waals surface area (Å²) in [5.41, 5.74) is 1.92. The van der Waals surface area contributed by atoms with Crippen LogP contribution in [0.4, 0.5) is 4.39 Å². The van der Waals surface area contributed by atoms with E-state index in [-0.39, 0.29) is 18.1 Å². The largest absolute Gasteiger partial charge is 0.463 e. The van der Waals surface area contributed by atoms with Gasteiger partial charge in [-0.2, -0.15) is 0 Å². The summed E-state index contributed by atoms with van der Waals surface area (Å²) in [6, 6.07) is 9.93. The lowest BCUT2D eigenvalue weighted by Crippen LogP contribution is -2.33. The number of esters is 1. The zero-order valence-corrected chi connectivity index (χ0v) is 16.5. The van der Waals surface area contributed by atoms with E-state index in [1.165, 1.54) is 18.3 Å². The molecule has 0 saturated carbocycles. The van der Waals surface area contributed by atoms with Gasteiger partial charge >= 0.3 is 5.97 Å². The molecule has 0 radical (unpaired) electrons. The predicted molar refractivity (Wildman–Crippen MR) is 105 cm³/mol. The second-order valence-corrected chi connectivity index (χ2v) is 6.90. The minimum absolute atomic E-state index is 0.116. The van der Waals surface area contributed by atoms with Crippen LogP contribution in [0.1, 0.15) is 31.1 Å². The zero-order valence-electron chi connectivity index (χ0n) is 14.3. The van der Waals surface area contributed by atoms with Crippen molar-refractivity contribution in [2.24, 2.45) is 4.99 Å². The van der Waals surface area contributed by atoms with Gasteiger partial charge in [-0.1, -0.05) is 12.1 Å². The van der Waals surface area contributed by atoms with Crippen LogP contribution in [0.5, 0.6) is 0 Å². The van der Waals surface area contributed by atoms with Crippen molar-refractivity contribution < 1.29 is 13.9 Å². The average molecular weight is 465 g/mol. The molecule has 0 fully saturated rings. The van der Waals surface area contributed by atoms with Crippen LogP contribution < -0.4 is 5.32 Å². The quantitative estimate of drug-likeness (QED) is 0.552. The lowest BCUT2D eigenvalue weighted by Gasteiger charge is -2.26. The lowest BCUT2D eigenvalue weighted by molar-refractivity contribution is -0.138. The van der Waals surface area contributed by atoms with Crippen LogP contribution in [0, 0.1) is 9.39 Å². The second-order valence-electron chi connectivity index (χ2n) is 5.65. The molecule has 1 aromatic heterocycles. The van der Waals surface area contributed by atoms with Crippen molar-refractivity contribution >= 4 is 34.4 Å². The highest BCUT2D eigenvalue weighted by molar-refractivity contribution is 14.1. The number of benzene rings is 1. The van der Waals surface area contributed by atoms with Crippen molar-refractivity contribution in [3.63, 3.8) is 0 Å². The average Bonchev–Trinajstić information content (AvgIpc) is 2.62. The molecule has 1 aliphatic heterocycles. The number of hydrogen-bond acceptors (Lipinski definition) is 5. The molecule has 26 heavy (non-hydrogen) atoms. The van der Waals surface area contributed by atoms with Gasteiger partial charge in [0.05, 0.1) is 12.2 Å². The second kappa shape index (κ2) is 7.94. The molecule has 1 unspecified atom stereocenters. The van der Waals surface area contributed by atoms with E-state index < -0.39 is 17.8 Å². The van der Waals surface area contributed by atoms with E-state index in [9.17, 15) is 9.18 Å². The molecular weight excluding hydrogens is 448 g/mol. The SMILES string of the molecule is CCOC(=O)C1=C(C)NC(c2ncccc2F)=NC1c1ccc(I)cc1. The first kappa shape index (κ1) is 18.5. The number of carbonyl (C=O) groups is 1. The van der Waals surface area contributed by atoms with Gasteiger partial charge in [-0.25, -0.2) is 14.2 Å². The topological polar surface area (TPSA) is 63.6 Å². The summed E-state index contributed by atoms with van der Waals surface area (Å²) in [4.78, 5) is 21.2. The van der Waals surface area contributed by atoms with Crippen molar-refractivity contribution in [1.29, 1.82) is 0 Å². The van der Waals surface area contributed by atoms with Gasteiger partial charge in [0.15, 0.2) is 11.7 Å². The molecule has 1 aliphatic rings. The smallest absolute Gasteiger partial charge is 0.338 e. The normalized spacial score (nSPS) is 16.8. The molecule has 0 spiro atoms. The number of amidine groups is 1. The number of aromatic nitrogens is 1. The number of pyridine rings is 1. The number of carbonyl (C=O) groups excluding carboxylic acids is 1. The Morgan fingerprint density at radius 1 is 1.31 bits per heavy atom. The van der Waals surface area contributed by atoms with E-state index >= 15 is 0 Å². The van der Waals surface area contributed by atoms with Crippen molar-refractivity contribution in [3.05, 3.63) is 74.5 Å². The standard InChI is InChI=1S/C19H17FIN3O2/c1-3-26-19(25)15-11(2)23-18(17-14(20)5-4-10-22-17)24-16(15)12-6-8-13(21)9-7-12/h4-10,16H,3H2,1-2H3,(H,23,24). The first-order chi connectivity index (χ1) is 12.5. The van der Waals surface area contributed by atoms with Crippen LogP contribution in [-0.2, 0) is 9.53 Å². The number of halogens is 2. The molecule has 2 aromatic rings. The van der Waals surface area contributed by atoms with E-state index in [1.807, 2.05) is 24.3 Å². The first-order valence-corrected chi connectivity index (χ1v) is 9.18. The van der Waals surface area contributed by atoms with Gasteiger partial charge in [-0.15, -0.1) is 0 Å². The third-order valence-corrected chi connectivity index (χ3v) is 4.62. The molecule has 1 atom stereocenters.